The summed E-state index contributed by atoms with van der Waals surface area (Å²) in [5, 5.41) is 3.44. The summed E-state index contributed by atoms with van der Waals surface area (Å²) in [5.74, 6) is -2.84. The van der Waals surface area contributed by atoms with Gasteiger partial charge in [-0.25, -0.2) is 8.78 Å². The number of azide groups is 1. The van der Waals surface area contributed by atoms with Gasteiger partial charge in [-0.1, -0.05) is 5.11 Å². The minimum Gasteiger partial charge on any atom is -0.302 e. The third kappa shape index (κ3) is 2.28. The molecule has 0 aromatic carbocycles. The molecule has 2 atom stereocenters. The van der Waals surface area contributed by atoms with Crippen LogP contribution in [0.15, 0.2) is 5.11 Å². The fourth-order valence-electron chi connectivity index (χ4n) is 2.93. The lowest BCUT2D eigenvalue weighted by Gasteiger charge is -2.32. The molecular weight excluding hydrogens is 214 g/mol. The van der Waals surface area contributed by atoms with Gasteiger partial charge in [-0.15, -0.1) is 0 Å². The lowest BCUT2D eigenvalue weighted by molar-refractivity contribution is -0.0945. The van der Waals surface area contributed by atoms with Crippen molar-refractivity contribution in [3.05, 3.63) is 10.4 Å². The van der Waals surface area contributed by atoms with Crippen LogP contribution in [0, 0.1) is 11.8 Å². The summed E-state index contributed by atoms with van der Waals surface area (Å²) in [5.41, 5.74) is 8.15. The van der Waals surface area contributed by atoms with E-state index in [9.17, 15) is 8.78 Å². The second-order valence-corrected chi connectivity index (χ2v) is 4.73. The SMILES string of the molecule is [N-]=[N+]=NCCN1C[C@@H]2CCCC(F)(F)[C@H]2C1. The van der Waals surface area contributed by atoms with Crippen LogP contribution in [0.3, 0.4) is 0 Å². The number of alkyl halides is 2. The van der Waals surface area contributed by atoms with E-state index in [1.807, 2.05) is 4.90 Å². The van der Waals surface area contributed by atoms with E-state index in [1.165, 1.54) is 0 Å². The van der Waals surface area contributed by atoms with Crippen molar-refractivity contribution in [2.75, 3.05) is 26.2 Å². The van der Waals surface area contributed by atoms with Crippen molar-refractivity contribution in [1.29, 1.82) is 0 Å². The van der Waals surface area contributed by atoms with Gasteiger partial charge in [0, 0.05) is 43.4 Å². The van der Waals surface area contributed by atoms with Crippen molar-refractivity contribution in [2.24, 2.45) is 17.0 Å². The van der Waals surface area contributed by atoms with Crippen LogP contribution in [0.4, 0.5) is 8.78 Å². The topological polar surface area (TPSA) is 52.0 Å². The molecule has 1 saturated carbocycles. The molecule has 2 rings (SSSR count). The van der Waals surface area contributed by atoms with Gasteiger partial charge < -0.3 is 4.90 Å². The average molecular weight is 230 g/mol. The molecule has 1 aliphatic carbocycles. The Balaban J connectivity index is 1.91. The molecule has 1 saturated heterocycles. The summed E-state index contributed by atoms with van der Waals surface area (Å²) in [6, 6.07) is 0. The van der Waals surface area contributed by atoms with E-state index >= 15 is 0 Å². The fourth-order valence-corrected chi connectivity index (χ4v) is 2.93. The van der Waals surface area contributed by atoms with Crippen molar-refractivity contribution < 1.29 is 8.78 Å². The molecule has 0 radical (unpaired) electrons. The first-order chi connectivity index (χ1) is 7.63. The smallest absolute Gasteiger partial charge is 0.252 e. The highest BCUT2D eigenvalue weighted by Crippen LogP contribution is 2.45. The molecule has 90 valence electrons. The van der Waals surface area contributed by atoms with Crippen LogP contribution < -0.4 is 0 Å². The van der Waals surface area contributed by atoms with Gasteiger partial charge in [-0.2, -0.15) is 0 Å². The average Bonchev–Trinajstić information content (AvgIpc) is 2.62. The Bertz CT molecular complexity index is 301. The van der Waals surface area contributed by atoms with Gasteiger partial charge in [0.25, 0.3) is 5.92 Å². The van der Waals surface area contributed by atoms with Crippen LogP contribution in [-0.2, 0) is 0 Å². The Hall–Kier alpha value is -0.870. The van der Waals surface area contributed by atoms with Gasteiger partial charge in [-0.3, -0.25) is 0 Å². The second kappa shape index (κ2) is 4.55. The van der Waals surface area contributed by atoms with Gasteiger partial charge in [-0.05, 0) is 24.3 Å². The minimum absolute atomic E-state index is 0.0400. The number of hydrogen-bond acceptors (Lipinski definition) is 2. The third-order valence-electron chi connectivity index (χ3n) is 3.72. The van der Waals surface area contributed by atoms with Crippen molar-refractivity contribution >= 4 is 0 Å². The fraction of sp³-hybridized carbons (Fsp3) is 1.00. The van der Waals surface area contributed by atoms with Crippen LogP contribution in [0.2, 0.25) is 0 Å². The number of halogens is 2. The minimum atomic E-state index is -2.49. The van der Waals surface area contributed by atoms with Crippen molar-refractivity contribution in [1.82, 2.24) is 4.90 Å². The summed E-state index contributed by atoms with van der Waals surface area (Å²) in [7, 11) is 0. The van der Waals surface area contributed by atoms with Crippen LogP contribution in [0.25, 0.3) is 10.4 Å². The van der Waals surface area contributed by atoms with Gasteiger partial charge in [0.2, 0.25) is 0 Å². The van der Waals surface area contributed by atoms with Crippen molar-refractivity contribution in [2.45, 2.75) is 25.2 Å². The Morgan fingerprint density at radius 2 is 2.25 bits per heavy atom. The van der Waals surface area contributed by atoms with E-state index in [2.05, 4.69) is 10.0 Å². The van der Waals surface area contributed by atoms with E-state index in [0.29, 0.717) is 26.1 Å². The highest BCUT2D eigenvalue weighted by Gasteiger charge is 2.50. The molecular formula is C10H16F2N4. The van der Waals surface area contributed by atoms with Crippen LogP contribution in [0.1, 0.15) is 19.3 Å². The zero-order valence-electron chi connectivity index (χ0n) is 9.15. The molecule has 6 heteroatoms. The van der Waals surface area contributed by atoms with E-state index in [1.54, 1.807) is 0 Å². The highest BCUT2D eigenvalue weighted by atomic mass is 19.3. The third-order valence-corrected chi connectivity index (χ3v) is 3.72. The molecule has 0 aromatic heterocycles. The summed E-state index contributed by atoms with van der Waals surface area (Å²) in [6.45, 7) is 2.18. The first kappa shape index (κ1) is 11.6. The second-order valence-electron chi connectivity index (χ2n) is 4.73. The van der Waals surface area contributed by atoms with Crippen LogP contribution in [0.5, 0.6) is 0 Å². The number of fused-ring (bicyclic) bond motifs is 1. The van der Waals surface area contributed by atoms with E-state index < -0.39 is 11.8 Å². The maximum Gasteiger partial charge on any atom is 0.252 e. The zero-order valence-corrected chi connectivity index (χ0v) is 9.15. The molecule has 0 amide bonds. The maximum absolute atomic E-state index is 13.6. The molecule has 0 bridgehead atoms. The number of likely N-dealkylation sites (tertiary alicyclic amines) is 1. The Morgan fingerprint density at radius 3 is 2.94 bits per heavy atom. The lowest BCUT2D eigenvalue weighted by atomic mass is 9.79. The molecule has 2 aliphatic rings. The zero-order chi connectivity index (χ0) is 11.6. The quantitative estimate of drug-likeness (QED) is 0.417. The van der Waals surface area contributed by atoms with Crippen molar-refractivity contribution in [3.63, 3.8) is 0 Å². The van der Waals surface area contributed by atoms with Crippen LogP contribution >= 0.6 is 0 Å². The van der Waals surface area contributed by atoms with Gasteiger partial charge in [0.15, 0.2) is 0 Å². The summed E-state index contributed by atoms with van der Waals surface area (Å²) in [6.07, 6.45) is 1.59. The first-order valence-corrected chi connectivity index (χ1v) is 5.74. The number of hydrogen-bond donors (Lipinski definition) is 0. The molecule has 0 unspecified atom stereocenters. The molecule has 0 aromatic rings. The van der Waals surface area contributed by atoms with Gasteiger partial charge in [0.05, 0.1) is 0 Å². The van der Waals surface area contributed by atoms with E-state index in [4.69, 9.17) is 5.53 Å². The molecule has 0 spiro atoms. The first-order valence-electron chi connectivity index (χ1n) is 5.74. The Kier molecular flexibility index (Phi) is 3.30. The highest BCUT2D eigenvalue weighted by molar-refractivity contribution is 4.95. The summed E-state index contributed by atoms with van der Waals surface area (Å²) >= 11 is 0. The summed E-state index contributed by atoms with van der Waals surface area (Å²) < 4.78 is 27.2. The van der Waals surface area contributed by atoms with Gasteiger partial charge >= 0.3 is 0 Å². The summed E-state index contributed by atoms with van der Waals surface area (Å²) in [4.78, 5) is 4.67. The Labute approximate surface area is 93.2 Å². The standard InChI is InChI=1S/C10H16F2N4/c11-10(12)3-1-2-8-6-16(7-9(8)10)5-4-14-15-13/h8-9H,1-7H2/t8-,9-/m0/s1. The number of nitrogens with zero attached hydrogens (tertiary/aromatic N) is 4. The molecule has 1 heterocycles. The predicted octanol–water partition coefficient (Wildman–Crippen LogP) is 2.66. The monoisotopic (exact) mass is 230 g/mol. The van der Waals surface area contributed by atoms with Crippen LogP contribution in [-0.4, -0.2) is 37.0 Å². The normalized spacial score (nSPS) is 33.1. The molecule has 2 fully saturated rings. The van der Waals surface area contributed by atoms with E-state index in [-0.39, 0.29) is 12.3 Å². The van der Waals surface area contributed by atoms with Crippen molar-refractivity contribution in [3.8, 4) is 0 Å². The molecule has 4 nitrogen and oxygen atoms in total. The molecule has 16 heavy (non-hydrogen) atoms. The number of rotatable bonds is 3. The van der Waals surface area contributed by atoms with Gasteiger partial charge in [0.1, 0.15) is 0 Å². The maximum atomic E-state index is 13.6. The molecule has 1 aliphatic heterocycles. The predicted molar refractivity (Wildman–Crippen MR) is 56.2 cm³/mol. The van der Waals surface area contributed by atoms with E-state index in [0.717, 1.165) is 13.0 Å². The molecule has 0 N–H and O–H groups in total. The Morgan fingerprint density at radius 1 is 1.44 bits per heavy atom. The lowest BCUT2D eigenvalue weighted by Crippen LogP contribution is -2.37. The largest absolute Gasteiger partial charge is 0.302 e.